The fourth-order valence-electron chi connectivity index (χ4n) is 1.61. The molecule has 0 aromatic heterocycles. The van der Waals surface area contributed by atoms with Crippen molar-refractivity contribution in [1.82, 2.24) is 5.32 Å². The van der Waals surface area contributed by atoms with Gasteiger partial charge in [0.2, 0.25) is 0 Å². The molecule has 0 aliphatic carbocycles. The van der Waals surface area contributed by atoms with Crippen LogP contribution < -0.4 is 14.8 Å². The molecule has 1 rings (SSSR count). The number of ether oxygens (including phenoxy) is 3. The molecule has 0 spiro atoms. The van der Waals surface area contributed by atoms with Crippen molar-refractivity contribution in [2.75, 3.05) is 33.5 Å². The Balaban J connectivity index is 2.20. The van der Waals surface area contributed by atoms with Crippen LogP contribution >= 0.6 is 0 Å². The molecule has 1 aromatic carbocycles. The predicted octanol–water partition coefficient (Wildman–Crippen LogP) is 1.45. The molecule has 0 bridgehead atoms. The third-order valence-corrected chi connectivity index (χ3v) is 2.78. The molecule has 0 amide bonds. The zero-order valence-corrected chi connectivity index (χ0v) is 12.5. The van der Waals surface area contributed by atoms with Gasteiger partial charge in [-0.05, 0) is 38.1 Å². The van der Waals surface area contributed by atoms with Gasteiger partial charge < -0.3 is 24.6 Å². The number of benzene rings is 1. The molecular weight excluding hydrogens is 258 g/mol. The van der Waals surface area contributed by atoms with Crippen LogP contribution in [0.25, 0.3) is 0 Å². The zero-order valence-electron chi connectivity index (χ0n) is 12.5. The van der Waals surface area contributed by atoms with Gasteiger partial charge in [-0.15, -0.1) is 0 Å². The second kappa shape index (κ2) is 9.58. The van der Waals surface area contributed by atoms with E-state index in [2.05, 4.69) is 5.32 Å². The van der Waals surface area contributed by atoms with Crippen LogP contribution in [-0.4, -0.2) is 50.7 Å². The molecule has 114 valence electrons. The van der Waals surface area contributed by atoms with Gasteiger partial charge in [0.15, 0.2) is 0 Å². The smallest absolute Gasteiger partial charge is 0.119 e. The van der Waals surface area contributed by atoms with Crippen molar-refractivity contribution in [2.45, 2.75) is 26.0 Å². The highest BCUT2D eigenvalue weighted by molar-refractivity contribution is 5.31. The summed E-state index contributed by atoms with van der Waals surface area (Å²) in [5, 5.41) is 13.0. The highest BCUT2D eigenvalue weighted by atomic mass is 16.5. The van der Waals surface area contributed by atoms with E-state index in [-0.39, 0.29) is 12.6 Å². The van der Waals surface area contributed by atoms with Gasteiger partial charge in [-0.1, -0.05) is 0 Å². The fourth-order valence-corrected chi connectivity index (χ4v) is 1.61. The molecule has 5 heteroatoms. The molecule has 0 heterocycles. The molecule has 0 radical (unpaired) electrons. The van der Waals surface area contributed by atoms with Crippen LogP contribution in [0.15, 0.2) is 24.3 Å². The Morgan fingerprint density at radius 2 is 1.80 bits per heavy atom. The summed E-state index contributed by atoms with van der Waals surface area (Å²) in [6.07, 6.45) is -0.554. The Morgan fingerprint density at radius 3 is 2.40 bits per heavy atom. The maximum atomic E-state index is 9.83. The first-order valence-corrected chi connectivity index (χ1v) is 6.91. The van der Waals surface area contributed by atoms with Crippen molar-refractivity contribution in [3.8, 4) is 11.5 Å². The van der Waals surface area contributed by atoms with Crippen LogP contribution in [0.5, 0.6) is 11.5 Å². The zero-order chi connectivity index (χ0) is 14.8. The Hall–Kier alpha value is -1.30. The summed E-state index contributed by atoms with van der Waals surface area (Å²) < 4.78 is 15.9. The number of hydrogen-bond donors (Lipinski definition) is 2. The van der Waals surface area contributed by atoms with E-state index >= 15 is 0 Å². The Kier molecular flexibility index (Phi) is 8.02. The third-order valence-electron chi connectivity index (χ3n) is 2.78. The lowest BCUT2D eigenvalue weighted by Crippen LogP contribution is -2.38. The Morgan fingerprint density at radius 1 is 1.15 bits per heavy atom. The summed E-state index contributed by atoms with van der Waals surface area (Å²) in [6, 6.07) is 7.49. The molecule has 2 N–H and O–H groups in total. The number of rotatable bonds is 10. The standard InChI is InChI=1S/C15H25NO4/c1-4-19-10-12(2)16-9-13(17)11-20-15-7-5-14(18-3)6-8-15/h5-8,12-13,16-17H,4,9-11H2,1-3H3. The maximum absolute atomic E-state index is 9.83. The lowest BCUT2D eigenvalue weighted by atomic mass is 10.3. The molecule has 0 aliphatic heterocycles. The van der Waals surface area contributed by atoms with Crippen LogP contribution in [0.3, 0.4) is 0 Å². The van der Waals surface area contributed by atoms with Crippen molar-refractivity contribution < 1.29 is 19.3 Å². The highest BCUT2D eigenvalue weighted by Crippen LogP contribution is 2.16. The van der Waals surface area contributed by atoms with Gasteiger partial charge in [0.05, 0.1) is 13.7 Å². The SMILES string of the molecule is CCOCC(C)NCC(O)COc1ccc(OC)cc1. The largest absolute Gasteiger partial charge is 0.497 e. The number of hydrogen-bond acceptors (Lipinski definition) is 5. The first kappa shape index (κ1) is 16.8. The molecule has 0 aliphatic rings. The minimum Gasteiger partial charge on any atom is -0.497 e. The van der Waals surface area contributed by atoms with Gasteiger partial charge in [0.25, 0.3) is 0 Å². The maximum Gasteiger partial charge on any atom is 0.119 e. The van der Waals surface area contributed by atoms with E-state index in [1.807, 2.05) is 38.1 Å². The topological polar surface area (TPSA) is 60.0 Å². The van der Waals surface area contributed by atoms with Crippen LogP contribution in [0, 0.1) is 0 Å². The summed E-state index contributed by atoms with van der Waals surface area (Å²) in [4.78, 5) is 0. The van der Waals surface area contributed by atoms with Crippen LogP contribution in [0.4, 0.5) is 0 Å². The van der Waals surface area contributed by atoms with E-state index in [4.69, 9.17) is 14.2 Å². The minimum atomic E-state index is -0.554. The minimum absolute atomic E-state index is 0.214. The quantitative estimate of drug-likeness (QED) is 0.680. The average molecular weight is 283 g/mol. The highest BCUT2D eigenvalue weighted by Gasteiger charge is 2.08. The fraction of sp³-hybridized carbons (Fsp3) is 0.600. The number of nitrogens with one attached hydrogen (secondary N) is 1. The van der Waals surface area contributed by atoms with Gasteiger partial charge >= 0.3 is 0 Å². The molecule has 0 saturated heterocycles. The first-order valence-electron chi connectivity index (χ1n) is 6.91. The lowest BCUT2D eigenvalue weighted by Gasteiger charge is -2.17. The second-order valence-electron chi connectivity index (χ2n) is 4.61. The van der Waals surface area contributed by atoms with Crippen molar-refractivity contribution in [3.05, 3.63) is 24.3 Å². The molecule has 20 heavy (non-hydrogen) atoms. The van der Waals surface area contributed by atoms with E-state index < -0.39 is 6.10 Å². The summed E-state index contributed by atoms with van der Waals surface area (Å²) in [6.45, 7) is 6.06. The Labute approximate surface area is 120 Å². The van der Waals surface area contributed by atoms with E-state index in [0.29, 0.717) is 25.5 Å². The van der Waals surface area contributed by atoms with Crippen molar-refractivity contribution in [2.24, 2.45) is 0 Å². The summed E-state index contributed by atoms with van der Waals surface area (Å²) in [5.74, 6) is 1.50. The summed E-state index contributed by atoms with van der Waals surface area (Å²) >= 11 is 0. The monoisotopic (exact) mass is 283 g/mol. The van der Waals surface area contributed by atoms with E-state index in [1.165, 1.54) is 0 Å². The van der Waals surface area contributed by atoms with Gasteiger partial charge in [-0.25, -0.2) is 0 Å². The van der Waals surface area contributed by atoms with Crippen LogP contribution in [-0.2, 0) is 4.74 Å². The first-order chi connectivity index (χ1) is 9.65. The van der Waals surface area contributed by atoms with Crippen LogP contribution in [0.1, 0.15) is 13.8 Å². The van der Waals surface area contributed by atoms with Gasteiger partial charge in [0, 0.05) is 19.2 Å². The number of aliphatic hydroxyl groups excluding tert-OH is 1. The van der Waals surface area contributed by atoms with Crippen molar-refractivity contribution in [1.29, 1.82) is 0 Å². The van der Waals surface area contributed by atoms with Gasteiger partial charge in [-0.2, -0.15) is 0 Å². The second-order valence-corrected chi connectivity index (χ2v) is 4.61. The predicted molar refractivity (Wildman–Crippen MR) is 78.5 cm³/mol. The van der Waals surface area contributed by atoms with E-state index in [1.54, 1.807) is 7.11 Å². The molecule has 2 unspecified atom stereocenters. The lowest BCUT2D eigenvalue weighted by molar-refractivity contribution is 0.0907. The molecule has 5 nitrogen and oxygen atoms in total. The molecule has 1 aromatic rings. The molecule has 2 atom stereocenters. The Bertz CT molecular complexity index is 355. The number of aliphatic hydroxyl groups is 1. The van der Waals surface area contributed by atoms with Gasteiger partial charge in [-0.3, -0.25) is 0 Å². The van der Waals surface area contributed by atoms with Crippen molar-refractivity contribution >= 4 is 0 Å². The summed E-state index contributed by atoms with van der Waals surface area (Å²) in [7, 11) is 1.62. The van der Waals surface area contributed by atoms with Gasteiger partial charge in [0.1, 0.15) is 24.2 Å². The summed E-state index contributed by atoms with van der Waals surface area (Å²) in [5.41, 5.74) is 0. The van der Waals surface area contributed by atoms with Crippen molar-refractivity contribution in [3.63, 3.8) is 0 Å². The average Bonchev–Trinajstić information content (AvgIpc) is 2.49. The number of methoxy groups -OCH3 is 1. The third kappa shape index (κ3) is 6.75. The molecule has 0 fully saturated rings. The van der Waals surface area contributed by atoms with Crippen LogP contribution in [0.2, 0.25) is 0 Å². The van der Waals surface area contributed by atoms with E-state index in [0.717, 1.165) is 5.75 Å². The van der Waals surface area contributed by atoms with E-state index in [9.17, 15) is 5.11 Å². The normalized spacial score (nSPS) is 13.8. The molecular formula is C15H25NO4. The molecule has 0 saturated carbocycles.